The van der Waals surface area contributed by atoms with Gasteiger partial charge in [0, 0.05) is 6.54 Å². The summed E-state index contributed by atoms with van der Waals surface area (Å²) in [6.45, 7) is 7.35. The lowest BCUT2D eigenvalue weighted by molar-refractivity contribution is 0.313. The zero-order valence-corrected chi connectivity index (χ0v) is 11.6. The van der Waals surface area contributed by atoms with Crippen LogP contribution < -0.4 is 10.1 Å². The Morgan fingerprint density at radius 1 is 1.28 bits per heavy atom. The van der Waals surface area contributed by atoms with E-state index in [1.165, 1.54) is 24.8 Å². The minimum Gasteiger partial charge on any atom is -0.492 e. The van der Waals surface area contributed by atoms with Gasteiger partial charge in [0.25, 0.3) is 0 Å². The number of ether oxygens (including phenoxy) is 1. The van der Waals surface area contributed by atoms with Gasteiger partial charge in [-0.2, -0.15) is 0 Å². The van der Waals surface area contributed by atoms with Gasteiger partial charge in [-0.25, -0.2) is 0 Å². The van der Waals surface area contributed by atoms with Gasteiger partial charge in [-0.3, -0.25) is 0 Å². The van der Waals surface area contributed by atoms with Crippen molar-refractivity contribution in [3.05, 3.63) is 29.8 Å². The van der Waals surface area contributed by atoms with E-state index in [0.29, 0.717) is 5.92 Å². The number of hydrogen-bond acceptors (Lipinski definition) is 2. The van der Waals surface area contributed by atoms with E-state index < -0.39 is 0 Å². The van der Waals surface area contributed by atoms with Crippen LogP contribution >= 0.6 is 0 Å². The molecule has 100 valence electrons. The summed E-state index contributed by atoms with van der Waals surface area (Å²) in [4.78, 5) is 0. The molecule has 1 aliphatic rings. The first kappa shape index (κ1) is 13.4. The fourth-order valence-electron chi connectivity index (χ4n) is 2.00. The van der Waals surface area contributed by atoms with Gasteiger partial charge in [0.05, 0.1) is 0 Å². The van der Waals surface area contributed by atoms with E-state index in [2.05, 4.69) is 43.4 Å². The molecule has 1 saturated carbocycles. The lowest BCUT2D eigenvalue weighted by Gasteiger charge is -2.11. The number of rotatable bonds is 8. The third-order valence-electron chi connectivity index (χ3n) is 3.74. The molecule has 0 saturated heterocycles. The van der Waals surface area contributed by atoms with Crippen LogP contribution in [0.3, 0.4) is 0 Å². The molecule has 0 spiro atoms. The molecule has 1 aromatic rings. The second kappa shape index (κ2) is 6.79. The molecule has 1 fully saturated rings. The zero-order chi connectivity index (χ0) is 12.8. The van der Waals surface area contributed by atoms with E-state index in [4.69, 9.17) is 4.74 Å². The molecule has 0 aromatic heterocycles. The van der Waals surface area contributed by atoms with Gasteiger partial charge < -0.3 is 10.1 Å². The first-order chi connectivity index (χ1) is 8.79. The third kappa shape index (κ3) is 4.34. The average molecular weight is 247 g/mol. The molecule has 0 radical (unpaired) electrons. The van der Waals surface area contributed by atoms with Crippen molar-refractivity contribution in [2.45, 2.75) is 39.0 Å². The Morgan fingerprint density at radius 3 is 2.61 bits per heavy atom. The van der Waals surface area contributed by atoms with E-state index in [9.17, 15) is 0 Å². The molecule has 1 unspecified atom stereocenters. The molecule has 0 amide bonds. The molecule has 1 atom stereocenters. The van der Waals surface area contributed by atoms with E-state index >= 15 is 0 Å². The van der Waals surface area contributed by atoms with Crippen molar-refractivity contribution in [1.29, 1.82) is 0 Å². The third-order valence-corrected chi connectivity index (χ3v) is 3.74. The molecule has 0 aliphatic heterocycles. The lowest BCUT2D eigenvalue weighted by atomic mass is 9.99. The average Bonchev–Trinajstić information content (AvgIpc) is 3.22. The highest BCUT2D eigenvalue weighted by Gasteiger charge is 2.19. The van der Waals surface area contributed by atoms with Crippen molar-refractivity contribution in [2.75, 3.05) is 19.7 Å². The van der Waals surface area contributed by atoms with Crippen LogP contribution in [0.4, 0.5) is 0 Å². The minimum absolute atomic E-state index is 0.638. The molecular formula is C16H25NO. The maximum absolute atomic E-state index is 5.71. The molecular weight excluding hydrogens is 222 g/mol. The SMILES string of the molecule is CCC(C)c1ccc(OCCNCC2CC2)cc1. The van der Waals surface area contributed by atoms with Gasteiger partial charge in [-0.05, 0) is 55.3 Å². The van der Waals surface area contributed by atoms with Crippen LogP contribution in [0.15, 0.2) is 24.3 Å². The Kier molecular flexibility index (Phi) is 5.06. The van der Waals surface area contributed by atoms with Gasteiger partial charge >= 0.3 is 0 Å². The van der Waals surface area contributed by atoms with Crippen molar-refractivity contribution >= 4 is 0 Å². The van der Waals surface area contributed by atoms with Crippen LogP contribution in [-0.2, 0) is 0 Å². The maximum atomic E-state index is 5.71. The summed E-state index contributed by atoms with van der Waals surface area (Å²) in [7, 11) is 0. The molecule has 0 heterocycles. The molecule has 18 heavy (non-hydrogen) atoms. The Hall–Kier alpha value is -1.02. The Balaban J connectivity index is 1.65. The van der Waals surface area contributed by atoms with Crippen molar-refractivity contribution in [3.63, 3.8) is 0 Å². The maximum Gasteiger partial charge on any atom is 0.119 e. The minimum atomic E-state index is 0.638. The highest BCUT2D eigenvalue weighted by atomic mass is 16.5. The van der Waals surface area contributed by atoms with Crippen LogP contribution in [0.1, 0.15) is 44.6 Å². The van der Waals surface area contributed by atoms with Crippen molar-refractivity contribution < 1.29 is 4.74 Å². The second-order valence-corrected chi connectivity index (χ2v) is 5.37. The van der Waals surface area contributed by atoms with Crippen LogP contribution in [0.2, 0.25) is 0 Å². The zero-order valence-electron chi connectivity index (χ0n) is 11.6. The molecule has 1 N–H and O–H groups in total. The van der Waals surface area contributed by atoms with E-state index in [0.717, 1.165) is 31.4 Å². The van der Waals surface area contributed by atoms with Crippen molar-refractivity contribution in [2.24, 2.45) is 5.92 Å². The predicted molar refractivity (Wildman–Crippen MR) is 76.2 cm³/mol. The normalized spacial score (nSPS) is 16.6. The van der Waals surface area contributed by atoms with Gasteiger partial charge in [0.15, 0.2) is 0 Å². The number of hydrogen-bond donors (Lipinski definition) is 1. The van der Waals surface area contributed by atoms with Gasteiger partial charge in [-0.15, -0.1) is 0 Å². The molecule has 2 rings (SSSR count). The van der Waals surface area contributed by atoms with Gasteiger partial charge in [0.2, 0.25) is 0 Å². The summed E-state index contributed by atoms with van der Waals surface area (Å²) in [6.07, 6.45) is 4.00. The lowest BCUT2D eigenvalue weighted by Crippen LogP contribution is -2.23. The summed E-state index contributed by atoms with van der Waals surface area (Å²) < 4.78 is 5.71. The predicted octanol–water partition coefficient (Wildman–Crippen LogP) is 3.58. The molecule has 1 aliphatic carbocycles. The van der Waals surface area contributed by atoms with E-state index in [1.54, 1.807) is 0 Å². The fourth-order valence-corrected chi connectivity index (χ4v) is 2.00. The molecule has 0 bridgehead atoms. The van der Waals surface area contributed by atoms with Gasteiger partial charge in [0.1, 0.15) is 12.4 Å². The van der Waals surface area contributed by atoms with Crippen LogP contribution in [0.25, 0.3) is 0 Å². The number of benzene rings is 1. The van der Waals surface area contributed by atoms with Crippen LogP contribution in [0.5, 0.6) is 5.75 Å². The fraction of sp³-hybridized carbons (Fsp3) is 0.625. The summed E-state index contributed by atoms with van der Waals surface area (Å²) in [6, 6.07) is 8.53. The van der Waals surface area contributed by atoms with Gasteiger partial charge in [-0.1, -0.05) is 26.0 Å². The van der Waals surface area contributed by atoms with Crippen LogP contribution in [0, 0.1) is 5.92 Å². The molecule has 2 nitrogen and oxygen atoms in total. The van der Waals surface area contributed by atoms with Crippen LogP contribution in [-0.4, -0.2) is 19.7 Å². The topological polar surface area (TPSA) is 21.3 Å². The van der Waals surface area contributed by atoms with Crippen molar-refractivity contribution in [3.8, 4) is 5.75 Å². The first-order valence-corrected chi connectivity index (χ1v) is 7.23. The van der Waals surface area contributed by atoms with Crippen molar-refractivity contribution in [1.82, 2.24) is 5.32 Å². The highest BCUT2D eigenvalue weighted by molar-refractivity contribution is 5.29. The number of nitrogens with one attached hydrogen (secondary N) is 1. The standard InChI is InChI=1S/C16H25NO/c1-3-13(2)15-6-8-16(9-7-15)18-11-10-17-12-14-4-5-14/h6-9,13-14,17H,3-5,10-12H2,1-2H3. The Morgan fingerprint density at radius 2 is 2.00 bits per heavy atom. The largest absolute Gasteiger partial charge is 0.492 e. The Bertz CT molecular complexity index is 343. The van der Waals surface area contributed by atoms with E-state index in [1.807, 2.05) is 0 Å². The monoisotopic (exact) mass is 247 g/mol. The molecule has 2 heteroatoms. The first-order valence-electron chi connectivity index (χ1n) is 7.23. The summed E-state index contributed by atoms with van der Waals surface area (Å²) in [5.41, 5.74) is 1.40. The van der Waals surface area contributed by atoms with E-state index in [-0.39, 0.29) is 0 Å². The molecule has 1 aromatic carbocycles. The smallest absolute Gasteiger partial charge is 0.119 e. The second-order valence-electron chi connectivity index (χ2n) is 5.37. The summed E-state index contributed by atoms with van der Waals surface area (Å²) >= 11 is 0. The summed E-state index contributed by atoms with van der Waals surface area (Å²) in [5, 5.41) is 3.43. The highest BCUT2D eigenvalue weighted by Crippen LogP contribution is 2.27. The quantitative estimate of drug-likeness (QED) is 0.709. The Labute approximate surface area is 111 Å². The summed E-state index contributed by atoms with van der Waals surface area (Å²) in [5.74, 6) is 2.56.